The molecule has 0 spiro atoms. The second kappa shape index (κ2) is 5.52. The van der Waals surface area contributed by atoms with Gasteiger partial charge in [-0.05, 0) is 35.9 Å². The maximum absolute atomic E-state index is 12.9. The number of benzene rings is 2. The van der Waals surface area contributed by atoms with Crippen LogP contribution in [0.4, 0.5) is 5.69 Å². The number of furan rings is 1. The molecule has 0 aliphatic carbocycles. The number of aromatic nitrogens is 1. The monoisotopic (exact) mass is 342 g/mol. The number of para-hydroxylation sites is 1. The zero-order valence-corrected chi connectivity index (χ0v) is 13.8. The first-order valence-corrected chi connectivity index (χ1v) is 8.38. The SMILES string of the molecule is O=C1CN(c2cccnc2)C(=O)C1c1ccc2oc3ccccc3c2c1. The Labute approximate surface area is 148 Å². The van der Waals surface area contributed by atoms with E-state index >= 15 is 0 Å². The predicted molar refractivity (Wildman–Crippen MR) is 98.1 cm³/mol. The van der Waals surface area contributed by atoms with Gasteiger partial charge in [0.1, 0.15) is 17.1 Å². The number of Topliss-reactive ketones (excluding diaryl/α,β-unsaturated/α-hetero) is 1. The van der Waals surface area contributed by atoms with Gasteiger partial charge in [0.25, 0.3) is 0 Å². The summed E-state index contributed by atoms with van der Waals surface area (Å²) in [7, 11) is 0. The summed E-state index contributed by atoms with van der Waals surface area (Å²) in [5, 5.41) is 1.89. The molecule has 1 saturated heterocycles. The van der Waals surface area contributed by atoms with E-state index in [1.807, 2.05) is 36.4 Å². The van der Waals surface area contributed by atoms with E-state index in [4.69, 9.17) is 4.42 Å². The van der Waals surface area contributed by atoms with Crippen molar-refractivity contribution >= 4 is 39.3 Å². The highest BCUT2D eigenvalue weighted by Gasteiger charge is 2.41. The van der Waals surface area contributed by atoms with Crippen LogP contribution in [0, 0.1) is 0 Å². The minimum Gasteiger partial charge on any atom is -0.456 e. The lowest BCUT2D eigenvalue weighted by Crippen LogP contribution is -2.26. The summed E-state index contributed by atoms with van der Waals surface area (Å²) in [5.74, 6) is -1.10. The maximum atomic E-state index is 12.9. The second-order valence-electron chi connectivity index (χ2n) is 6.39. The maximum Gasteiger partial charge on any atom is 0.242 e. The number of carbonyl (C=O) groups excluding carboxylic acids is 2. The predicted octanol–water partition coefficient (Wildman–Crippen LogP) is 3.68. The van der Waals surface area contributed by atoms with Gasteiger partial charge in [0, 0.05) is 17.0 Å². The van der Waals surface area contributed by atoms with E-state index in [9.17, 15) is 9.59 Å². The van der Waals surface area contributed by atoms with E-state index in [2.05, 4.69) is 4.98 Å². The van der Waals surface area contributed by atoms with E-state index in [-0.39, 0.29) is 18.2 Å². The summed E-state index contributed by atoms with van der Waals surface area (Å²) < 4.78 is 5.83. The molecule has 1 fully saturated rings. The minimum atomic E-state index is -0.784. The molecule has 26 heavy (non-hydrogen) atoms. The molecule has 5 rings (SSSR count). The molecule has 2 aromatic heterocycles. The molecule has 1 unspecified atom stereocenters. The van der Waals surface area contributed by atoms with E-state index in [1.54, 1.807) is 30.6 Å². The molecule has 4 aromatic rings. The second-order valence-corrected chi connectivity index (χ2v) is 6.39. The van der Waals surface area contributed by atoms with Crippen molar-refractivity contribution in [2.75, 3.05) is 11.4 Å². The normalized spacial score (nSPS) is 17.5. The highest BCUT2D eigenvalue weighted by molar-refractivity contribution is 6.21. The van der Waals surface area contributed by atoms with Gasteiger partial charge in [0.05, 0.1) is 18.4 Å². The third-order valence-electron chi connectivity index (χ3n) is 4.84. The molecule has 0 N–H and O–H groups in total. The lowest BCUT2D eigenvalue weighted by molar-refractivity contribution is -0.123. The Hall–Kier alpha value is -3.47. The van der Waals surface area contributed by atoms with Crippen LogP contribution in [0.25, 0.3) is 21.9 Å². The molecular weight excluding hydrogens is 328 g/mol. The Balaban J connectivity index is 1.60. The number of nitrogens with zero attached hydrogens (tertiary/aromatic N) is 2. The number of anilines is 1. The number of amides is 1. The van der Waals surface area contributed by atoms with Gasteiger partial charge in [-0.2, -0.15) is 0 Å². The minimum absolute atomic E-state index is 0.0688. The summed E-state index contributed by atoms with van der Waals surface area (Å²) in [5.41, 5.74) is 2.88. The Bertz CT molecular complexity index is 1160. The first kappa shape index (κ1) is 14.8. The Kier molecular flexibility index (Phi) is 3.15. The van der Waals surface area contributed by atoms with Crippen molar-refractivity contribution in [1.82, 2.24) is 4.98 Å². The number of carbonyl (C=O) groups is 2. The third-order valence-corrected chi connectivity index (χ3v) is 4.84. The fraction of sp³-hybridized carbons (Fsp3) is 0.0952. The van der Waals surface area contributed by atoms with E-state index in [0.29, 0.717) is 11.3 Å². The quantitative estimate of drug-likeness (QED) is 0.521. The van der Waals surface area contributed by atoms with Crippen LogP contribution in [0.15, 0.2) is 71.4 Å². The lowest BCUT2D eigenvalue weighted by Gasteiger charge is -2.15. The van der Waals surface area contributed by atoms with Crippen molar-refractivity contribution in [1.29, 1.82) is 0 Å². The summed E-state index contributed by atoms with van der Waals surface area (Å²) in [4.78, 5) is 31.0. The highest BCUT2D eigenvalue weighted by Crippen LogP contribution is 2.34. The van der Waals surface area contributed by atoms with Crippen molar-refractivity contribution in [2.45, 2.75) is 5.92 Å². The Morgan fingerprint density at radius 3 is 2.65 bits per heavy atom. The van der Waals surface area contributed by atoms with E-state index < -0.39 is 5.92 Å². The standard InChI is InChI=1S/C21H14N2O3/c24-17-12-23(14-4-3-9-22-11-14)21(25)20(17)13-7-8-19-16(10-13)15-5-1-2-6-18(15)26-19/h1-11,20H,12H2. The number of fused-ring (bicyclic) bond motifs is 3. The van der Waals surface area contributed by atoms with Gasteiger partial charge in [0.2, 0.25) is 5.91 Å². The van der Waals surface area contributed by atoms with Crippen LogP contribution >= 0.6 is 0 Å². The molecule has 0 bridgehead atoms. The molecule has 5 nitrogen and oxygen atoms in total. The molecule has 5 heteroatoms. The number of ketones is 1. The van der Waals surface area contributed by atoms with Crippen LogP contribution in [0.1, 0.15) is 11.5 Å². The molecule has 3 heterocycles. The highest BCUT2D eigenvalue weighted by atomic mass is 16.3. The van der Waals surface area contributed by atoms with Gasteiger partial charge in [-0.15, -0.1) is 0 Å². The van der Waals surface area contributed by atoms with Gasteiger partial charge in [-0.3, -0.25) is 14.6 Å². The Morgan fingerprint density at radius 2 is 1.81 bits per heavy atom. The fourth-order valence-electron chi connectivity index (χ4n) is 3.60. The van der Waals surface area contributed by atoms with Crippen molar-refractivity contribution in [3.63, 3.8) is 0 Å². The molecule has 2 aromatic carbocycles. The molecule has 0 radical (unpaired) electrons. The summed E-state index contributed by atoms with van der Waals surface area (Å²) in [6, 6.07) is 16.8. The summed E-state index contributed by atoms with van der Waals surface area (Å²) in [6.45, 7) is 0.0688. The molecular formula is C21H14N2O3. The number of hydrogen-bond donors (Lipinski definition) is 0. The van der Waals surface area contributed by atoms with Crippen molar-refractivity contribution in [3.05, 3.63) is 72.6 Å². The van der Waals surface area contributed by atoms with Crippen molar-refractivity contribution < 1.29 is 14.0 Å². The molecule has 0 saturated carbocycles. The van der Waals surface area contributed by atoms with E-state index in [0.717, 1.165) is 21.9 Å². The van der Waals surface area contributed by atoms with Gasteiger partial charge < -0.3 is 9.32 Å². The van der Waals surface area contributed by atoms with Crippen LogP contribution in [0.2, 0.25) is 0 Å². The van der Waals surface area contributed by atoms with Gasteiger partial charge >= 0.3 is 0 Å². The molecule has 126 valence electrons. The van der Waals surface area contributed by atoms with Crippen LogP contribution in [-0.4, -0.2) is 23.2 Å². The number of pyridine rings is 1. The first-order chi connectivity index (χ1) is 12.7. The first-order valence-electron chi connectivity index (χ1n) is 8.38. The van der Waals surface area contributed by atoms with Crippen LogP contribution in [0.5, 0.6) is 0 Å². The summed E-state index contributed by atoms with van der Waals surface area (Å²) in [6.07, 6.45) is 3.24. The Morgan fingerprint density at radius 1 is 0.962 bits per heavy atom. The van der Waals surface area contributed by atoms with Crippen molar-refractivity contribution in [3.8, 4) is 0 Å². The third kappa shape index (κ3) is 2.14. The molecule has 1 aliphatic rings. The molecule has 1 aliphatic heterocycles. The van der Waals surface area contributed by atoms with Crippen LogP contribution in [-0.2, 0) is 9.59 Å². The number of hydrogen-bond acceptors (Lipinski definition) is 4. The topological polar surface area (TPSA) is 63.4 Å². The zero-order chi connectivity index (χ0) is 17.7. The van der Waals surface area contributed by atoms with Crippen LogP contribution < -0.4 is 4.90 Å². The largest absolute Gasteiger partial charge is 0.456 e. The van der Waals surface area contributed by atoms with Gasteiger partial charge in [0.15, 0.2) is 5.78 Å². The lowest BCUT2D eigenvalue weighted by atomic mass is 9.95. The number of rotatable bonds is 2. The fourth-order valence-corrected chi connectivity index (χ4v) is 3.60. The van der Waals surface area contributed by atoms with Gasteiger partial charge in [-0.25, -0.2) is 0 Å². The van der Waals surface area contributed by atoms with Crippen molar-refractivity contribution in [2.24, 2.45) is 0 Å². The smallest absolute Gasteiger partial charge is 0.242 e. The zero-order valence-electron chi connectivity index (χ0n) is 13.8. The average Bonchev–Trinajstić information content (AvgIpc) is 3.19. The van der Waals surface area contributed by atoms with Crippen LogP contribution in [0.3, 0.4) is 0 Å². The van der Waals surface area contributed by atoms with E-state index in [1.165, 1.54) is 4.90 Å². The summed E-state index contributed by atoms with van der Waals surface area (Å²) >= 11 is 0. The molecule has 1 atom stereocenters. The average molecular weight is 342 g/mol. The molecule has 1 amide bonds. The van der Waals surface area contributed by atoms with Gasteiger partial charge in [-0.1, -0.05) is 24.3 Å².